The van der Waals surface area contributed by atoms with Gasteiger partial charge in [-0.2, -0.15) is 0 Å². The van der Waals surface area contributed by atoms with Gasteiger partial charge in [0.15, 0.2) is 0 Å². The van der Waals surface area contributed by atoms with Gasteiger partial charge in [0.05, 0.1) is 0 Å². The predicted octanol–water partition coefficient (Wildman–Crippen LogP) is 1.24. The van der Waals surface area contributed by atoms with Crippen LogP contribution in [0.1, 0.15) is 13.8 Å². The Bertz CT molecular complexity index is 147. The molecule has 0 bridgehead atoms. The molecule has 0 spiro atoms. The third-order valence-electron chi connectivity index (χ3n) is 1.30. The van der Waals surface area contributed by atoms with E-state index in [0.717, 1.165) is 6.54 Å². The minimum absolute atomic E-state index is 1.04. The molecule has 0 atom stereocenters. The Morgan fingerprint density at radius 1 is 1.67 bits per heavy atom. The largest absolute Gasteiger partial charge is 0.363 e. The van der Waals surface area contributed by atoms with Gasteiger partial charge >= 0.3 is 0 Å². The Morgan fingerprint density at radius 3 is 2.89 bits per heavy atom. The van der Waals surface area contributed by atoms with Crippen molar-refractivity contribution in [2.24, 2.45) is 0 Å². The molecule has 2 heteroatoms. The zero-order valence-corrected chi connectivity index (χ0v) is 5.89. The quantitative estimate of drug-likeness (QED) is 0.566. The van der Waals surface area contributed by atoms with E-state index in [4.69, 9.17) is 0 Å². The zero-order valence-electron chi connectivity index (χ0n) is 5.89. The molecule has 1 heterocycles. The van der Waals surface area contributed by atoms with Crippen LogP contribution < -0.4 is 5.32 Å². The van der Waals surface area contributed by atoms with Gasteiger partial charge in [0.25, 0.3) is 0 Å². The summed E-state index contributed by atoms with van der Waals surface area (Å²) in [6.45, 7) is 5.21. The first-order valence-electron chi connectivity index (χ1n) is 3.20. The molecular formula is C7H12N2. The number of hydrogen-bond donors (Lipinski definition) is 1. The Balaban J connectivity index is 2.55. The molecule has 1 N–H and O–H groups in total. The summed E-state index contributed by atoms with van der Waals surface area (Å²) in [5.74, 6) is 0. The van der Waals surface area contributed by atoms with Crippen LogP contribution in [-0.2, 0) is 0 Å². The van der Waals surface area contributed by atoms with E-state index in [1.807, 2.05) is 19.3 Å². The van der Waals surface area contributed by atoms with Crippen molar-refractivity contribution in [1.29, 1.82) is 0 Å². The van der Waals surface area contributed by atoms with Crippen LogP contribution in [0.3, 0.4) is 0 Å². The molecule has 50 valence electrons. The maximum Gasteiger partial charge on any atom is 0.0280 e. The topological polar surface area (TPSA) is 15.3 Å². The smallest absolute Gasteiger partial charge is 0.0280 e. The van der Waals surface area contributed by atoms with Crippen molar-refractivity contribution < 1.29 is 0 Å². The summed E-state index contributed by atoms with van der Waals surface area (Å²) in [7, 11) is 0. The van der Waals surface area contributed by atoms with Gasteiger partial charge in [-0.15, -0.1) is 0 Å². The number of allylic oxidation sites excluding steroid dienone is 1. The fourth-order valence-electron chi connectivity index (χ4n) is 0.790. The van der Waals surface area contributed by atoms with Crippen LogP contribution in [0.2, 0.25) is 0 Å². The minimum Gasteiger partial charge on any atom is -0.363 e. The molecule has 0 fully saturated rings. The average molecular weight is 124 g/mol. The lowest BCUT2D eigenvalue weighted by molar-refractivity contribution is 0.515. The van der Waals surface area contributed by atoms with Crippen LogP contribution >= 0.6 is 0 Å². The number of rotatable bonds is 1. The van der Waals surface area contributed by atoms with Crippen molar-refractivity contribution in [3.63, 3.8) is 0 Å². The van der Waals surface area contributed by atoms with Gasteiger partial charge in [0.2, 0.25) is 0 Å². The highest BCUT2D eigenvalue weighted by Crippen LogP contribution is 1.99. The second-order valence-corrected chi connectivity index (χ2v) is 2.10. The molecule has 0 saturated heterocycles. The van der Waals surface area contributed by atoms with Crippen molar-refractivity contribution in [3.05, 3.63) is 24.3 Å². The number of hydrogen-bond acceptors (Lipinski definition) is 2. The Hall–Kier alpha value is -0.920. The first-order chi connectivity index (χ1) is 4.33. The maximum absolute atomic E-state index is 3.09. The number of nitrogens with zero attached hydrogens (tertiary/aromatic N) is 1. The van der Waals surface area contributed by atoms with Crippen LogP contribution in [0.5, 0.6) is 0 Å². The van der Waals surface area contributed by atoms with E-state index in [9.17, 15) is 0 Å². The summed E-state index contributed by atoms with van der Waals surface area (Å²) < 4.78 is 0. The molecule has 0 amide bonds. The second kappa shape index (κ2) is 2.58. The van der Waals surface area contributed by atoms with Crippen molar-refractivity contribution in [3.8, 4) is 0 Å². The van der Waals surface area contributed by atoms with Crippen molar-refractivity contribution in [2.75, 3.05) is 6.54 Å². The predicted molar refractivity (Wildman–Crippen MR) is 38.4 cm³/mol. The lowest BCUT2D eigenvalue weighted by atomic mass is 10.4. The average Bonchev–Trinajstić information content (AvgIpc) is 1.88. The van der Waals surface area contributed by atoms with Crippen molar-refractivity contribution in [2.45, 2.75) is 13.8 Å². The van der Waals surface area contributed by atoms with Gasteiger partial charge < -0.3 is 10.2 Å². The molecule has 9 heavy (non-hydrogen) atoms. The molecule has 0 aromatic carbocycles. The first-order valence-corrected chi connectivity index (χ1v) is 3.20. The van der Waals surface area contributed by atoms with Gasteiger partial charge in [0.1, 0.15) is 0 Å². The van der Waals surface area contributed by atoms with E-state index in [1.54, 1.807) is 0 Å². The molecule has 0 aromatic heterocycles. The molecule has 1 aliphatic heterocycles. The SMILES string of the molecule is CCN1C=CNC(C)=C1. The molecule has 1 aliphatic rings. The summed E-state index contributed by atoms with van der Waals surface area (Å²) >= 11 is 0. The summed E-state index contributed by atoms with van der Waals surface area (Å²) in [5, 5.41) is 3.09. The lowest BCUT2D eigenvalue weighted by Gasteiger charge is -2.18. The Morgan fingerprint density at radius 2 is 2.44 bits per heavy atom. The Kier molecular flexibility index (Phi) is 1.78. The minimum atomic E-state index is 1.04. The monoisotopic (exact) mass is 124 g/mol. The lowest BCUT2D eigenvalue weighted by Crippen LogP contribution is -2.18. The van der Waals surface area contributed by atoms with Crippen LogP contribution in [0.4, 0.5) is 0 Å². The molecule has 0 radical (unpaired) electrons. The van der Waals surface area contributed by atoms with Gasteiger partial charge in [0, 0.05) is 30.8 Å². The molecule has 0 unspecified atom stereocenters. The van der Waals surface area contributed by atoms with E-state index in [0.29, 0.717) is 0 Å². The molecule has 0 aliphatic carbocycles. The van der Waals surface area contributed by atoms with Crippen LogP contribution in [0.25, 0.3) is 0 Å². The second-order valence-electron chi connectivity index (χ2n) is 2.10. The third-order valence-corrected chi connectivity index (χ3v) is 1.30. The summed E-state index contributed by atoms with van der Waals surface area (Å²) in [4.78, 5) is 2.13. The van der Waals surface area contributed by atoms with Crippen LogP contribution in [0, 0.1) is 0 Å². The highest BCUT2D eigenvalue weighted by molar-refractivity contribution is 5.06. The van der Waals surface area contributed by atoms with E-state index < -0.39 is 0 Å². The molecule has 0 saturated carbocycles. The van der Waals surface area contributed by atoms with Gasteiger partial charge in [-0.1, -0.05) is 0 Å². The molecule has 1 rings (SSSR count). The van der Waals surface area contributed by atoms with Gasteiger partial charge in [-0.3, -0.25) is 0 Å². The zero-order chi connectivity index (χ0) is 6.69. The first kappa shape index (κ1) is 6.20. The summed E-state index contributed by atoms with van der Waals surface area (Å²) in [6.07, 6.45) is 6.05. The number of nitrogens with one attached hydrogen (secondary N) is 1. The van der Waals surface area contributed by atoms with E-state index in [2.05, 4.69) is 23.3 Å². The van der Waals surface area contributed by atoms with Crippen LogP contribution in [0.15, 0.2) is 24.3 Å². The van der Waals surface area contributed by atoms with Crippen molar-refractivity contribution in [1.82, 2.24) is 10.2 Å². The highest BCUT2D eigenvalue weighted by Gasteiger charge is 1.95. The van der Waals surface area contributed by atoms with E-state index >= 15 is 0 Å². The standard InChI is InChI=1S/C7H12N2/c1-3-9-5-4-8-7(2)6-9/h4-6,8H,3H2,1-2H3. The third kappa shape index (κ3) is 1.49. The molecule has 0 aromatic rings. The van der Waals surface area contributed by atoms with Gasteiger partial charge in [-0.25, -0.2) is 0 Å². The van der Waals surface area contributed by atoms with E-state index in [1.165, 1.54) is 5.70 Å². The maximum atomic E-state index is 3.09. The van der Waals surface area contributed by atoms with E-state index in [-0.39, 0.29) is 0 Å². The fraction of sp³-hybridized carbons (Fsp3) is 0.429. The fourth-order valence-corrected chi connectivity index (χ4v) is 0.790. The van der Waals surface area contributed by atoms with Gasteiger partial charge in [-0.05, 0) is 13.8 Å². The molecule has 2 nitrogen and oxygen atoms in total. The summed E-state index contributed by atoms with van der Waals surface area (Å²) in [6, 6.07) is 0. The summed E-state index contributed by atoms with van der Waals surface area (Å²) in [5.41, 5.74) is 1.19. The molecular weight excluding hydrogens is 112 g/mol. The normalized spacial score (nSPS) is 17.1. The Labute approximate surface area is 55.9 Å². The highest BCUT2D eigenvalue weighted by atomic mass is 15.1. The van der Waals surface area contributed by atoms with Crippen molar-refractivity contribution >= 4 is 0 Å². The van der Waals surface area contributed by atoms with Crippen LogP contribution in [-0.4, -0.2) is 11.4 Å².